The zero-order valence-corrected chi connectivity index (χ0v) is 16.6. The Morgan fingerprint density at radius 2 is 2.12 bits per heavy atom. The minimum atomic E-state index is 0.536. The number of rotatable bonds is 5. The third kappa shape index (κ3) is 3.97. The standard InChI is InChI=1S/C18H22Cl2N6/c1-12-5-4-8-26-11-13(24-17(12)26)6-7-22-18(21-2)23-10-14-9-15(19)16(20)25(14)3/h4-5,8-9,11H,6-7,10H2,1-3H3,(H2,21,22,23). The topological polar surface area (TPSA) is 58.6 Å². The van der Waals surface area contributed by atoms with E-state index >= 15 is 0 Å². The number of nitrogens with zero attached hydrogens (tertiary/aromatic N) is 4. The monoisotopic (exact) mass is 392 g/mol. The molecule has 3 heterocycles. The Labute approximate surface area is 162 Å². The SMILES string of the molecule is CN=C(NCCc1cn2cccc(C)c2n1)NCc1cc(Cl)c(Cl)n1C. The molecule has 0 amide bonds. The van der Waals surface area contributed by atoms with Crippen molar-refractivity contribution in [3.05, 3.63) is 57.7 Å². The zero-order chi connectivity index (χ0) is 18.7. The fourth-order valence-electron chi connectivity index (χ4n) is 2.79. The first kappa shape index (κ1) is 18.6. The average Bonchev–Trinajstić information content (AvgIpc) is 3.15. The lowest BCUT2D eigenvalue weighted by molar-refractivity contribution is 0.744. The average molecular weight is 393 g/mol. The first-order chi connectivity index (χ1) is 12.5. The van der Waals surface area contributed by atoms with Crippen LogP contribution < -0.4 is 10.6 Å². The summed E-state index contributed by atoms with van der Waals surface area (Å²) in [5.74, 6) is 0.721. The van der Waals surface area contributed by atoms with Gasteiger partial charge in [-0.15, -0.1) is 0 Å². The van der Waals surface area contributed by atoms with E-state index in [-0.39, 0.29) is 0 Å². The Morgan fingerprint density at radius 3 is 2.77 bits per heavy atom. The van der Waals surface area contributed by atoms with Crippen LogP contribution in [-0.2, 0) is 20.0 Å². The van der Waals surface area contributed by atoms with Crippen LogP contribution in [0.2, 0.25) is 10.2 Å². The number of aryl methyl sites for hydroxylation is 1. The van der Waals surface area contributed by atoms with Crippen LogP contribution >= 0.6 is 23.2 Å². The molecule has 0 aromatic carbocycles. The van der Waals surface area contributed by atoms with Gasteiger partial charge in [-0.3, -0.25) is 4.99 Å². The van der Waals surface area contributed by atoms with Gasteiger partial charge < -0.3 is 19.6 Å². The maximum absolute atomic E-state index is 6.09. The molecule has 6 nitrogen and oxygen atoms in total. The van der Waals surface area contributed by atoms with Crippen molar-refractivity contribution in [2.75, 3.05) is 13.6 Å². The summed E-state index contributed by atoms with van der Waals surface area (Å²) < 4.78 is 3.91. The first-order valence-corrected chi connectivity index (χ1v) is 9.12. The van der Waals surface area contributed by atoms with E-state index < -0.39 is 0 Å². The Kier molecular flexibility index (Phi) is 5.74. The minimum Gasteiger partial charge on any atom is -0.356 e. The number of aromatic nitrogens is 3. The predicted octanol–water partition coefficient (Wildman–Crippen LogP) is 3.20. The second kappa shape index (κ2) is 8.01. The molecular formula is C18H22Cl2N6. The normalized spacial score (nSPS) is 12.0. The van der Waals surface area contributed by atoms with Crippen molar-refractivity contribution >= 4 is 34.8 Å². The van der Waals surface area contributed by atoms with Gasteiger partial charge in [-0.2, -0.15) is 0 Å². The highest BCUT2D eigenvalue weighted by Gasteiger charge is 2.09. The molecule has 0 spiro atoms. The van der Waals surface area contributed by atoms with E-state index in [4.69, 9.17) is 23.2 Å². The Hall–Kier alpha value is -2.18. The molecule has 0 aliphatic carbocycles. The van der Waals surface area contributed by atoms with E-state index in [0.717, 1.165) is 36.0 Å². The van der Waals surface area contributed by atoms with Crippen molar-refractivity contribution in [2.45, 2.75) is 19.9 Å². The summed E-state index contributed by atoms with van der Waals surface area (Å²) in [5.41, 5.74) is 4.20. The molecule has 26 heavy (non-hydrogen) atoms. The maximum Gasteiger partial charge on any atom is 0.191 e. The van der Waals surface area contributed by atoms with Gasteiger partial charge in [0.15, 0.2) is 5.96 Å². The highest BCUT2D eigenvalue weighted by atomic mass is 35.5. The molecule has 0 atom stereocenters. The molecule has 8 heteroatoms. The lowest BCUT2D eigenvalue weighted by atomic mass is 10.3. The number of hydrogen-bond donors (Lipinski definition) is 2. The van der Waals surface area contributed by atoms with Crippen LogP contribution in [0.5, 0.6) is 0 Å². The van der Waals surface area contributed by atoms with Crippen molar-refractivity contribution < 1.29 is 0 Å². The van der Waals surface area contributed by atoms with Gasteiger partial charge in [-0.05, 0) is 24.6 Å². The number of guanidine groups is 1. The molecule has 138 valence electrons. The smallest absolute Gasteiger partial charge is 0.191 e. The summed E-state index contributed by atoms with van der Waals surface area (Å²) in [4.78, 5) is 8.93. The Balaban J connectivity index is 1.53. The van der Waals surface area contributed by atoms with Gasteiger partial charge >= 0.3 is 0 Å². The van der Waals surface area contributed by atoms with Gasteiger partial charge in [-0.25, -0.2) is 4.98 Å². The summed E-state index contributed by atoms with van der Waals surface area (Å²) >= 11 is 12.1. The highest BCUT2D eigenvalue weighted by molar-refractivity contribution is 6.41. The number of nitrogens with one attached hydrogen (secondary N) is 2. The molecule has 2 N–H and O–H groups in total. The predicted molar refractivity (Wildman–Crippen MR) is 107 cm³/mol. The number of hydrogen-bond acceptors (Lipinski definition) is 2. The molecule has 0 saturated carbocycles. The van der Waals surface area contributed by atoms with Crippen LogP contribution in [0.3, 0.4) is 0 Å². The minimum absolute atomic E-state index is 0.536. The second-order valence-electron chi connectivity index (χ2n) is 6.09. The van der Waals surface area contributed by atoms with Crippen molar-refractivity contribution in [1.82, 2.24) is 24.6 Å². The number of imidazole rings is 1. The summed E-state index contributed by atoms with van der Waals surface area (Å²) in [7, 11) is 3.63. The molecule has 0 bridgehead atoms. The van der Waals surface area contributed by atoms with Gasteiger partial charge in [0, 0.05) is 45.1 Å². The number of halogens is 2. The van der Waals surface area contributed by atoms with Crippen molar-refractivity contribution in [3.63, 3.8) is 0 Å². The summed E-state index contributed by atoms with van der Waals surface area (Å²) in [6.45, 7) is 3.38. The molecule has 0 fully saturated rings. The third-order valence-electron chi connectivity index (χ3n) is 4.28. The zero-order valence-electron chi connectivity index (χ0n) is 15.1. The van der Waals surface area contributed by atoms with Crippen molar-refractivity contribution in [2.24, 2.45) is 12.0 Å². The quantitative estimate of drug-likeness (QED) is 0.517. The molecular weight excluding hydrogens is 371 g/mol. The fraction of sp³-hybridized carbons (Fsp3) is 0.333. The van der Waals surface area contributed by atoms with Crippen LogP contribution in [0.1, 0.15) is 17.0 Å². The van der Waals surface area contributed by atoms with Crippen molar-refractivity contribution in [1.29, 1.82) is 0 Å². The van der Waals surface area contributed by atoms with Crippen LogP contribution in [0.15, 0.2) is 35.6 Å². The number of fused-ring (bicyclic) bond motifs is 1. The summed E-state index contributed by atoms with van der Waals surface area (Å²) in [5, 5.41) is 7.65. The first-order valence-electron chi connectivity index (χ1n) is 8.37. The van der Waals surface area contributed by atoms with E-state index in [1.807, 2.05) is 29.9 Å². The second-order valence-corrected chi connectivity index (χ2v) is 6.86. The lowest BCUT2D eigenvalue weighted by Crippen LogP contribution is -2.38. The van der Waals surface area contributed by atoms with Crippen LogP contribution in [0.4, 0.5) is 0 Å². The molecule has 0 saturated heterocycles. The van der Waals surface area contributed by atoms with Gasteiger partial charge in [-0.1, -0.05) is 29.3 Å². The number of aliphatic imine (C=N–C) groups is 1. The lowest BCUT2D eigenvalue weighted by Gasteiger charge is -2.12. The fourth-order valence-corrected chi connectivity index (χ4v) is 3.20. The summed E-state index contributed by atoms with van der Waals surface area (Å²) in [6.07, 6.45) is 4.89. The van der Waals surface area contributed by atoms with Gasteiger partial charge in [0.05, 0.1) is 17.3 Å². The molecule has 3 aromatic rings. The van der Waals surface area contributed by atoms with E-state index in [9.17, 15) is 0 Å². The Bertz CT molecular complexity index is 941. The molecule has 0 aliphatic heterocycles. The largest absolute Gasteiger partial charge is 0.356 e. The van der Waals surface area contributed by atoms with E-state index in [0.29, 0.717) is 16.7 Å². The molecule has 0 radical (unpaired) electrons. The molecule has 0 aliphatic rings. The Morgan fingerprint density at radius 1 is 1.31 bits per heavy atom. The number of pyridine rings is 1. The van der Waals surface area contributed by atoms with E-state index in [1.165, 1.54) is 5.56 Å². The van der Waals surface area contributed by atoms with Gasteiger partial charge in [0.25, 0.3) is 0 Å². The van der Waals surface area contributed by atoms with Crippen LogP contribution in [0, 0.1) is 6.92 Å². The molecule has 0 unspecified atom stereocenters. The van der Waals surface area contributed by atoms with Crippen molar-refractivity contribution in [3.8, 4) is 0 Å². The highest BCUT2D eigenvalue weighted by Crippen LogP contribution is 2.24. The van der Waals surface area contributed by atoms with Gasteiger partial charge in [0.2, 0.25) is 0 Å². The van der Waals surface area contributed by atoms with E-state index in [1.54, 1.807) is 7.05 Å². The summed E-state index contributed by atoms with van der Waals surface area (Å²) in [6, 6.07) is 5.95. The van der Waals surface area contributed by atoms with E-state index in [2.05, 4.69) is 44.2 Å². The third-order valence-corrected chi connectivity index (χ3v) is 5.12. The van der Waals surface area contributed by atoms with Crippen LogP contribution in [0.25, 0.3) is 5.65 Å². The molecule has 3 aromatic heterocycles. The van der Waals surface area contributed by atoms with Gasteiger partial charge in [0.1, 0.15) is 10.8 Å². The maximum atomic E-state index is 6.09. The molecule has 3 rings (SSSR count). The van der Waals surface area contributed by atoms with Crippen LogP contribution in [-0.4, -0.2) is 33.5 Å².